The van der Waals surface area contributed by atoms with Crippen LogP contribution in [0.2, 0.25) is 0 Å². The first-order valence-corrected chi connectivity index (χ1v) is 7.98. The van der Waals surface area contributed by atoms with Crippen LogP contribution in [-0.2, 0) is 14.4 Å². The number of rotatable bonds is 6. The lowest BCUT2D eigenvalue weighted by atomic mass is 9.99. The predicted octanol–water partition coefficient (Wildman–Crippen LogP) is 0.768. The quantitative estimate of drug-likeness (QED) is 0.557. The van der Waals surface area contributed by atoms with E-state index in [2.05, 4.69) is 19.2 Å². The molecule has 5 amide bonds. The second-order valence-corrected chi connectivity index (χ2v) is 6.27. The van der Waals surface area contributed by atoms with Crippen LogP contribution in [0.4, 0.5) is 4.79 Å². The van der Waals surface area contributed by atoms with E-state index in [0.29, 0.717) is 15.7 Å². The number of carbonyl (C=O) groups excluding carboxylic acids is 4. The van der Waals surface area contributed by atoms with E-state index in [4.69, 9.17) is 5.73 Å². The number of hydrogen-bond acceptors (Lipinski definition) is 5. The third-order valence-corrected chi connectivity index (χ3v) is 4.10. The first-order valence-electron chi connectivity index (χ1n) is 7.98. The Morgan fingerprint density at radius 2 is 1.62 bits per heavy atom. The minimum Gasteiger partial charge on any atom is -0.353 e. The van der Waals surface area contributed by atoms with Crippen LogP contribution in [-0.4, -0.2) is 53.7 Å². The van der Waals surface area contributed by atoms with E-state index in [9.17, 15) is 19.2 Å². The third-order valence-electron chi connectivity index (χ3n) is 4.10. The maximum atomic E-state index is 11.9. The molecule has 1 aliphatic rings. The van der Waals surface area contributed by atoms with Gasteiger partial charge in [0, 0.05) is 19.6 Å². The van der Waals surface area contributed by atoms with E-state index >= 15 is 0 Å². The molecule has 142 valence electrons. The molecule has 9 heteroatoms. The number of benzene rings is 1. The molecular weight excluding hydrogens is 360 g/mol. The van der Waals surface area contributed by atoms with E-state index < -0.39 is 36.3 Å². The van der Waals surface area contributed by atoms with Gasteiger partial charge in [0.2, 0.25) is 5.91 Å². The van der Waals surface area contributed by atoms with Gasteiger partial charge in [-0.25, -0.2) is 9.69 Å². The van der Waals surface area contributed by atoms with Crippen LogP contribution in [0, 0.1) is 0 Å². The molecule has 3 N–H and O–H groups in total. The summed E-state index contributed by atoms with van der Waals surface area (Å²) in [6.45, 7) is 3.84. The first-order chi connectivity index (χ1) is 11.7. The summed E-state index contributed by atoms with van der Waals surface area (Å²) >= 11 is 0. The number of nitrogens with one attached hydrogen (secondary N) is 1. The summed E-state index contributed by atoms with van der Waals surface area (Å²) in [5.41, 5.74) is 8.11. The summed E-state index contributed by atoms with van der Waals surface area (Å²) in [4.78, 5) is 48.0. The molecule has 0 bridgehead atoms. The SMILES string of the molecule is CC(C)c1ccc(C(N)CNC(=O)CN2C(=O)C(=O)N(C)C2=O)cc1.Cl. The van der Waals surface area contributed by atoms with Gasteiger partial charge in [-0.05, 0) is 17.0 Å². The van der Waals surface area contributed by atoms with Crippen molar-refractivity contribution in [1.29, 1.82) is 0 Å². The van der Waals surface area contributed by atoms with Gasteiger partial charge in [-0.15, -0.1) is 12.4 Å². The Kier molecular flexibility index (Phi) is 7.29. The topological polar surface area (TPSA) is 113 Å². The summed E-state index contributed by atoms with van der Waals surface area (Å²) in [5.74, 6) is -2.09. The highest BCUT2D eigenvalue weighted by atomic mass is 35.5. The van der Waals surface area contributed by atoms with Crippen molar-refractivity contribution in [3.63, 3.8) is 0 Å². The number of urea groups is 1. The molecule has 1 fully saturated rings. The van der Waals surface area contributed by atoms with Crippen molar-refractivity contribution in [2.24, 2.45) is 5.73 Å². The lowest BCUT2D eigenvalue weighted by Crippen LogP contribution is -2.42. The standard InChI is InChI=1S/C17H22N4O4.ClH/c1-10(2)11-4-6-12(7-5-11)13(18)8-19-14(22)9-21-16(24)15(23)20(3)17(21)25;/h4-7,10,13H,8-9,18H2,1-3H3,(H,19,22);1H. The fourth-order valence-electron chi connectivity index (χ4n) is 2.42. The monoisotopic (exact) mass is 382 g/mol. The number of nitrogens with two attached hydrogens (primary N) is 1. The van der Waals surface area contributed by atoms with Crippen LogP contribution in [0.25, 0.3) is 0 Å². The summed E-state index contributed by atoms with van der Waals surface area (Å²) < 4.78 is 0. The Morgan fingerprint density at radius 1 is 1.08 bits per heavy atom. The molecular formula is C17H23ClN4O4. The third kappa shape index (κ3) is 4.59. The molecule has 1 heterocycles. The second kappa shape index (κ2) is 8.77. The van der Waals surface area contributed by atoms with E-state index in [1.54, 1.807) is 0 Å². The lowest BCUT2D eigenvalue weighted by Gasteiger charge is -2.16. The predicted molar refractivity (Wildman–Crippen MR) is 97.6 cm³/mol. The highest BCUT2D eigenvalue weighted by Crippen LogP contribution is 2.17. The molecule has 1 saturated heterocycles. The Labute approximate surface area is 158 Å². The normalized spacial score (nSPS) is 15.3. The van der Waals surface area contributed by atoms with Gasteiger partial charge in [-0.3, -0.25) is 19.3 Å². The first kappa shape index (κ1) is 21.6. The fourth-order valence-corrected chi connectivity index (χ4v) is 2.42. The van der Waals surface area contributed by atoms with Gasteiger partial charge < -0.3 is 11.1 Å². The zero-order valence-electron chi connectivity index (χ0n) is 14.9. The van der Waals surface area contributed by atoms with E-state index in [-0.39, 0.29) is 19.0 Å². The fraction of sp³-hybridized carbons (Fsp3) is 0.412. The zero-order chi connectivity index (χ0) is 18.7. The zero-order valence-corrected chi connectivity index (χ0v) is 15.7. The van der Waals surface area contributed by atoms with Crippen molar-refractivity contribution < 1.29 is 19.2 Å². The Hall–Kier alpha value is -2.45. The van der Waals surface area contributed by atoms with Gasteiger partial charge in [-0.2, -0.15) is 0 Å². The summed E-state index contributed by atoms with van der Waals surface area (Å²) in [5, 5.41) is 2.58. The number of imide groups is 2. The minimum absolute atomic E-state index is 0. The number of halogens is 1. The number of likely N-dealkylation sites (N-methyl/N-ethyl adjacent to an activating group) is 1. The highest BCUT2D eigenvalue weighted by molar-refractivity contribution is 6.44. The summed E-state index contributed by atoms with van der Waals surface area (Å²) in [6, 6.07) is 6.58. The molecule has 1 aromatic carbocycles. The Balaban J connectivity index is 0.00000338. The molecule has 26 heavy (non-hydrogen) atoms. The molecule has 1 aliphatic heterocycles. The second-order valence-electron chi connectivity index (χ2n) is 6.27. The van der Waals surface area contributed by atoms with Crippen molar-refractivity contribution >= 4 is 36.2 Å². The molecule has 0 aliphatic carbocycles. The van der Waals surface area contributed by atoms with Crippen molar-refractivity contribution in [3.8, 4) is 0 Å². The molecule has 1 aromatic rings. The lowest BCUT2D eigenvalue weighted by molar-refractivity contribution is -0.143. The molecule has 1 atom stereocenters. The van der Waals surface area contributed by atoms with Crippen LogP contribution in [0.5, 0.6) is 0 Å². The summed E-state index contributed by atoms with van der Waals surface area (Å²) in [7, 11) is 1.19. The smallest absolute Gasteiger partial charge is 0.334 e. The molecule has 2 rings (SSSR count). The Morgan fingerprint density at radius 3 is 2.08 bits per heavy atom. The molecule has 8 nitrogen and oxygen atoms in total. The van der Waals surface area contributed by atoms with Gasteiger partial charge in [-0.1, -0.05) is 38.1 Å². The average Bonchev–Trinajstić information content (AvgIpc) is 2.77. The van der Waals surface area contributed by atoms with Crippen molar-refractivity contribution in [2.75, 3.05) is 20.1 Å². The van der Waals surface area contributed by atoms with Crippen LogP contribution in [0.15, 0.2) is 24.3 Å². The largest absolute Gasteiger partial charge is 0.353 e. The number of nitrogens with zero attached hydrogens (tertiary/aromatic N) is 2. The van der Waals surface area contributed by atoms with Crippen molar-refractivity contribution in [2.45, 2.75) is 25.8 Å². The molecule has 0 spiro atoms. The van der Waals surface area contributed by atoms with Crippen molar-refractivity contribution in [1.82, 2.24) is 15.1 Å². The number of hydrogen-bond donors (Lipinski definition) is 2. The van der Waals surface area contributed by atoms with Gasteiger partial charge in [0.05, 0.1) is 0 Å². The van der Waals surface area contributed by atoms with Gasteiger partial charge in [0.25, 0.3) is 0 Å². The van der Waals surface area contributed by atoms with Gasteiger partial charge >= 0.3 is 17.8 Å². The average molecular weight is 383 g/mol. The highest BCUT2D eigenvalue weighted by Gasteiger charge is 2.42. The van der Waals surface area contributed by atoms with E-state index in [1.165, 1.54) is 12.6 Å². The maximum absolute atomic E-state index is 11.9. The Bertz CT molecular complexity index is 705. The number of amides is 5. The van der Waals surface area contributed by atoms with Crippen LogP contribution >= 0.6 is 12.4 Å². The van der Waals surface area contributed by atoms with E-state index in [0.717, 1.165) is 5.56 Å². The molecule has 0 aromatic heterocycles. The molecule has 0 saturated carbocycles. The van der Waals surface area contributed by atoms with Crippen LogP contribution in [0.3, 0.4) is 0 Å². The maximum Gasteiger partial charge on any atom is 0.334 e. The number of carbonyl (C=O) groups is 4. The van der Waals surface area contributed by atoms with Gasteiger partial charge in [0.15, 0.2) is 0 Å². The molecule has 0 radical (unpaired) electrons. The van der Waals surface area contributed by atoms with E-state index in [1.807, 2.05) is 24.3 Å². The van der Waals surface area contributed by atoms with Gasteiger partial charge in [0.1, 0.15) is 6.54 Å². The van der Waals surface area contributed by atoms with Crippen LogP contribution < -0.4 is 11.1 Å². The van der Waals surface area contributed by atoms with Crippen LogP contribution in [0.1, 0.15) is 36.9 Å². The van der Waals surface area contributed by atoms with Crippen molar-refractivity contribution in [3.05, 3.63) is 35.4 Å². The molecule has 1 unspecified atom stereocenters. The summed E-state index contributed by atoms with van der Waals surface area (Å²) in [6.07, 6.45) is 0. The minimum atomic E-state index is -1.00.